The summed E-state index contributed by atoms with van der Waals surface area (Å²) < 4.78 is 34.1. The van der Waals surface area contributed by atoms with Crippen LogP contribution in [0.1, 0.15) is 12.0 Å². The van der Waals surface area contributed by atoms with Gasteiger partial charge in [0.25, 0.3) is 10.0 Å². The lowest BCUT2D eigenvalue weighted by Crippen LogP contribution is -2.29. The van der Waals surface area contributed by atoms with Gasteiger partial charge in [-0.25, -0.2) is 8.42 Å². The lowest BCUT2D eigenvalue weighted by Gasteiger charge is -2.26. The molecule has 0 amide bonds. The minimum absolute atomic E-state index is 0.0373. The molecule has 7 heteroatoms. The summed E-state index contributed by atoms with van der Waals surface area (Å²) >= 11 is 6.26. The Balaban J connectivity index is 1.67. The predicted octanol–water partition coefficient (Wildman–Crippen LogP) is 4.39. The van der Waals surface area contributed by atoms with Crippen LogP contribution in [0.4, 0.5) is 0 Å². The van der Waals surface area contributed by atoms with E-state index in [1.54, 1.807) is 17.2 Å². The second-order valence-electron chi connectivity index (χ2n) is 6.26. The van der Waals surface area contributed by atoms with E-state index in [4.69, 9.17) is 16.3 Å². The quantitative estimate of drug-likeness (QED) is 0.766. The fourth-order valence-electron chi connectivity index (χ4n) is 3.01. The molecule has 0 N–H and O–H groups in total. The van der Waals surface area contributed by atoms with Crippen molar-refractivity contribution >= 4 is 33.0 Å². The zero-order chi connectivity index (χ0) is 18.9. The molecule has 0 radical (unpaired) electrons. The molecule has 0 saturated heterocycles. The molecular weight excluding hydrogens is 384 g/mol. The topological polar surface area (TPSA) is 59.0 Å². The van der Waals surface area contributed by atoms with E-state index in [0.717, 1.165) is 11.3 Å². The molecule has 0 unspecified atom stereocenters. The van der Waals surface area contributed by atoms with Crippen molar-refractivity contribution in [3.8, 4) is 11.5 Å². The number of hydrogen-bond acceptors (Lipinski definition) is 4. The van der Waals surface area contributed by atoms with E-state index >= 15 is 0 Å². The molecule has 2 aromatic carbocycles. The predicted molar refractivity (Wildman–Crippen MR) is 107 cm³/mol. The SMILES string of the molecule is O=S1(=O)CCCN2C=C(Cl)C=C(c3ccc(Oc4ccccc4)cc3)C2=N1. The van der Waals surface area contributed by atoms with Gasteiger partial charge >= 0.3 is 0 Å². The number of amidine groups is 1. The molecule has 0 aromatic heterocycles. The van der Waals surface area contributed by atoms with E-state index in [-0.39, 0.29) is 5.75 Å². The van der Waals surface area contributed by atoms with Gasteiger partial charge in [-0.1, -0.05) is 41.9 Å². The van der Waals surface area contributed by atoms with E-state index in [1.807, 2.05) is 54.6 Å². The van der Waals surface area contributed by atoms with Gasteiger partial charge in [0.1, 0.15) is 11.5 Å². The molecule has 0 aliphatic carbocycles. The Morgan fingerprint density at radius 3 is 2.44 bits per heavy atom. The van der Waals surface area contributed by atoms with E-state index < -0.39 is 10.0 Å². The number of nitrogens with zero attached hydrogens (tertiary/aromatic N) is 2. The standard InChI is InChI=1S/C20H17ClN2O3S/c21-16-13-19(20-22-27(24,25)12-4-11-23(20)14-16)15-7-9-18(10-8-15)26-17-5-2-1-3-6-17/h1-3,5-10,13-14H,4,11-12H2. The summed E-state index contributed by atoms with van der Waals surface area (Å²) in [6.07, 6.45) is 3.97. The van der Waals surface area contributed by atoms with E-state index in [0.29, 0.717) is 35.2 Å². The van der Waals surface area contributed by atoms with Crippen molar-refractivity contribution in [3.63, 3.8) is 0 Å². The van der Waals surface area contributed by atoms with Gasteiger partial charge in [-0.15, -0.1) is 4.40 Å². The van der Waals surface area contributed by atoms with Gasteiger partial charge < -0.3 is 9.64 Å². The summed E-state index contributed by atoms with van der Waals surface area (Å²) in [4.78, 5) is 1.80. The average molecular weight is 401 g/mol. The van der Waals surface area contributed by atoms with Crippen LogP contribution in [0.15, 0.2) is 76.3 Å². The number of rotatable bonds is 3. The third-order valence-electron chi connectivity index (χ3n) is 4.25. The third-order valence-corrected chi connectivity index (χ3v) is 5.71. The number of benzene rings is 2. The van der Waals surface area contributed by atoms with Gasteiger partial charge in [0.05, 0.1) is 10.8 Å². The van der Waals surface area contributed by atoms with Gasteiger partial charge in [-0.05, 0) is 42.3 Å². The zero-order valence-electron chi connectivity index (χ0n) is 14.4. The van der Waals surface area contributed by atoms with Crippen LogP contribution >= 0.6 is 11.6 Å². The molecule has 0 bridgehead atoms. The van der Waals surface area contributed by atoms with Crippen molar-refractivity contribution in [1.29, 1.82) is 0 Å². The molecule has 2 aliphatic rings. The number of sulfonamides is 1. The van der Waals surface area contributed by atoms with Gasteiger partial charge in [-0.3, -0.25) is 0 Å². The summed E-state index contributed by atoms with van der Waals surface area (Å²) in [6.45, 7) is 0.556. The number of ether oxygens (including phenoxy) is 1. The Labute approximate surface area is 163 Å². The highest BCUT2D eigenvalue weighted by Gasteiger charge is 2.26. The highest BCUT2D eigenvalue weighted by Crippen LogP contribution is 2.31. The maximum atomic E-state index is 12.1. The lowest BCUT2D eigenvalue weighted by atomic mass is 10.0. The summed E-state index contributed by atoms with van der Waals surface area (Å²) in [5, 5.41) is 0.535. The highest BCUT2D eigenvalue weighted by atomic mass is 35.5. The van der Waals surface area contributed by atoms with Gasteiger partial charge in [-0.2, -0.15) is 0 Å². The first-order chi connectivity index (χ1) is 13.0. The molecular formula is C20H17ClN2O3S. The molecule has 0 spiro atoms. The van der Waals surface area contributed by atoms with Crippen molar-refractivity contribution in [2.24, 2.45) is 4.40 Å². The van der Waals surface area contributed by atoms with Crippen LogP contribution in [0.2, 0.25) is 0 Å². The van der Waals surface area contributed by atoms with Gasteiger partial charge in [0, 0.05) is 18.3 Å². The minimum atomic E-state index is -3.49. The van der Waals surface area contributed by atoms with E-state index in [2.05, 4.69) is 4.40 Å². The summed E-state index contributed by atoms with van der Waals surface area (Å²) in [5.41, 5.74) is 1.50. The van der Waals surface area contributed by atoms with Crippen molar-refractivity contribution in [2.75, 3.05) is 12.3 Å². The number of allylic oxidation sites excluding steroid dienone is 2. The van der Waals surface area contributed by atoms with Crippen LogP contribution in [0.5, 0.6) is 11.5 Å². The molecule has 2 aliphatic heterocycles. The summed E-state index contributed by atoms with van der Waals surface area (Å²) in [7, 11) is -3.49. The normalized spacial score (nSPS) is 18.6. The Hall–Kier alpha value is -2.57. The monoisotopic (exact) mass is 400 g/mol. The largest absolute Gasteiger partial charge is 0.457 e. The molecule has 0 saturated carbocycles. The average Bonchev–Trinajstić information content (AvgIpc) is 2.80. The number of para-hydroxylation sites is 1. The lowest BCUT2D eigenvalue weighted by molar-refractivity contribution is 0.482. The van der Waals surface area contributed by atoms with Crippen LogP contribution in [0.25, 0.3) is 5.57 Å². The first-order valence-electron chi connectivity index (χ1n) is 8.52. The first-order valence-corrected chi connectivity index (χ1v) is 10.5. The first kappa shape index (κ1) is 17.8. The maximum absolute atomic E-state index is 12.1. The van der Waals surface area contributed by atoms with Gasteiger partial charge in [0.15, 0.2) is 5.84 Å². The molecule has 0 atom stereocenters. The smallest absolute Gasteiger partial charge is 0.255 e. The zero-order valence-corrected chi connectivity index (χ0v) is 15.9. The molecule has 27 heavy (non-hydrogen) atoms. The maximum Gasteiger partial charge on any atom is 0.255 e. The number of fused-ring (bicyclic) bond motifs is 1. The van der Waals surface area contributed by atoms with Crippen molar-refractivity contribution < 1.29 is 13.2 Å². The van der Waals surface area contributed by atoms with Crippen LogP contribution in [0.3, 0.4) is 0 Å². The molecule has 0 fully saturated rings. The second kappa shape index (κ2) is 7.21. The van der Waals surface area contributed by atoms with Crippen LogP contribution in [0, 0.1) is 0 Å². The van der Waals surface area contributed by atoms with Crippen LogP contribution in [-0.2, 0) is 10.0 Å². The summed E-state index contributed by atoms with van der Waals surface area (Å²) in [6, 6.07) is 16.9. The van der Waals surface area contributed by atoms with Crippen molar-refractivity contribution in [3.05, 3.63) is 77.5 Å². The number of halogens is 1. The third kappa shape index (κ3) is 4.07. The Kier molecular flexibility index (Phi) is 4.76. The van der Waals surface area contributed by atoms with E-state index in [9.17, 15) is 8.42 Å². The van der Waals surface area contributed by atoms with Crippen LogP contribution < -0.4 is 4.74 Å². The van der Waals surface area contributed by atoms with Gasteiger partial charge in [0.2, 0.25) is 0 Å². The van der Waals surface area contributed by atoms with Crippen LogP contribution in [-0.4, -0.2) is 31.5 Å². The molecule has 2 heterocycles. The molecule has 138 valence electrons. The van der Waals surface area contributed by atoms with E-state index in [1.165, 1.54) is 0 Å². The Morgan fingerprint density at radius 2 is 1.70 bits per heavy atom. The minimum Gasteiger partial charge on any atom is -0.457 e. The Morgan fingerprint density at radius 1 is 1.00 bits per heavy atom. The molecule has 5 nitrogen and oxygen atoms in total. The molecule has 4 rings (SSSR count). The van der Waals surface area contributed by atoms with Crippen molar-refractivity contribution in [2.45, 2.75) is 6.42 Å². The highest BCUT2D eigenvalue weighted by molar-refractivity contribution is 7.90. The Bertz CT molecular complexity index is 1040. The fraction of sp³-hybridized carbons (Fsp3) is 0.150. The fourth-order valence-corrected chi connectivity index (χ4v) is 4.29. The summed E-state index contributed by atoms with van der Waals surface area (Å²) in [5.74, 6) is 1.89. The number of hydrogen-bond donors (Lipinski definition) is 0. The molecule has 2 aromatic rings. The van der Waals surface area contributed by atoms with Crippen molar-refractivity contribution in [1.82, 2.24) is 4.90 Å². The second-order valence-corrected chi connectivity index (χ2v) is 8.45.